The van der Waals surface area contributed by atoms with Crippen molar-refractivity contribution in [2.75, 3.05) is 13.1 Å². The normalized spacial score (nSPS) is 24.8. The zero-order valence-corrected chi connectivity index (χ0v) is 13.6. The highest BCUT2D eigenvalue weighted by Crippen LogP contribution is 2.28. The number of hydrogen-bond acceptors (Lipinski definition) is 3. The number of benzene rings is 1. The average Bonchev–Trinajstić information content (AvgIpc) is 2.88. The summed E-state index contributed by atoms with van der Waals surface area (Å²) in [4.78, 5) is 0.414. The van der Waals surface area contributed by atoms with E-state index >= 15 is 0 Å². The topological polar surface area (TPSA) is 58.2 Å². The SMILES string of the molecule is CC1(C)CNCCC1NS(=O)(=O)c1ccc2c(c1)CCC2. The molecule has 1 heterocycles. The molecule has 1 aromatic carbocycles. The number of fused-ring (bicyclic) bond motifs is 1. The second kappa shape index (κ2) is 5.38. The van der Waals surface area contributed by atoms with Crippen LogP contribution >= 0.6 is 0 Å². The summed E-state index contributed by atoms with van der Waals surface area (Å²) in [6.07, 6.45) is 4.03. The van der Waals surface area contributed by atoms with Crippen LogP contribution in [0.2, 0.25) is 0 Å². The Kier molecular flexibility index (Phi) is 3.84. The van der Waals surface area contributed by atoms with Crippen LogP contribution in [-0.2, 0) is 22.9 Å². The minimum absolute atomic E-state index is 0.0167. The third kappa shape index (κ3) is 3.00. The van der Waals surface area contributed by atoms with Crippen molar-refractivity contribution < 1.29 is 8.42 Å². The van der Waals surface area contributed by atoms with E-state index in [0.29, 0.717) is 4.90 Å². The fourth-order valence-corrected chi connectivity index (χ4v) is 4.85. The quantitative estimate of drug-likeness (QED) is 0.896. The molecule has 3 rings (SSSR count). The standard InChI is InChI=1S/C16H24N2O2S/c1-16(2)11-17-9-8-15(16)18-21(19,20)14-7-6-12-4-3-5-13(12)10-14/h6-7,10,15,17-18H,3-5,8-9,11H2,1-2H3. The Bertz CT molecular complexity index is 638. The summed E-state index contributed by atoms with van der Waals surface area (Å²) in [5.41, 5.74) is 2.43. The predicted molar refractivity (Wildman–Crippen MR) is 83.8 cm³/mol. The maximum Gasteiger partial charge on any atom is 0.240 e. The summed E-state index contributed by atoms with van der Waals surface area (Å²) in [5.74, 6) is 0. The molecular weight excluding hydrogens is 284 g/mol. The van der Waals surface area contributed by atoms with Crippen LogP contribution < -0.4 is 10.0 Å². The van der Waals surface area contributed by atoms with Crippen molar-refractivity contribution in [2.24, 2.45) is 5.41 Å². The molecule has 1 aromatic rings. The average molecular weight is 308 g/mol. The van der Waals surface area contributed by atoms with E-state index in [1.165, 1.54) is 11.1 Å². The van der Waals surface area contributed by atoms with Crippen LogP contribution in [0.3, 0.4) is 0 Å². The Hall–Kier alpha value is -0.910. The van der Waals surface area contributed by atoms with Crippen LogP contribution in [0.25, 0.3) is 0 Å². The lowest BCUT2D eigenvalue weighted by molar-refractivity contribution is 0.206. The molecule has 0 radical (unpaired) electrons. The van der Waals surface area contributed by atoms with E-state index in [4.69, 9.17) is 0 Å². The first kappa shape index (κ1) is 15.0. The van der Waals surface area contributed by atoms with Crippen LogP contribution in [0, 0.1) is 5.41 Å². The minimum Gasteiger partial charge on any atom is -0.316 e. The van der Waals surface area contributed by atoms with Crippen molar-refractivity contribution in [3.8, 4) is 0 Å². The number of sulfonamides is 1. The Morgan fingerprint density at radius 1 is 1.24 bits per heavy atom. The lowest BCUT2D eigenvalue weighted by Gasteiger charge is -2.39. The lowest BCUT2D eigenvalue weighted by Crippen LogP contribution is -2.54. The highest BCUT2D eigenvalue weighted by atomic mass is 32.2. The molecule has 1 aliphatic carbocycles. The van der Waals surface area contributed by atoms with Gasteiger partial charge in [-0.15, -0.1) is 0 Å². The van der Waals surface area contributed by atoms with Crippen molar-refractivity contribution in [2.45, 2.75) is 50.5 Å². The molecule has 1 unspecified atom stereocenters. The predicted octanol–water partition coefficient (Wildman–Crippen LogP) is 1.84. The zero-order valence-electron chi connectivity index (χ0n) is 12.8. The summed E-state index contributed by atoms with van der Waals surface area (Å²) < 4.78 is 28.2. The molecule has 0 bridgehead atoms. The highest BCUT2D eigenvalue weighted by Gasteiger charge is 2.35. The summed E-state index contributed by atoms with van der Waals surface area (Å²) in [5, 5.41) is 3.33. The first-order valence-corrected chi connectivity index (χ1v) is 9.22. The highest BCUT2D eigenvalue weighted by molar-refractivity contribution is 7.89. The fourth-order valence-electron chi connectivity index (χ4n) is 3.36. The molecule has 0 saturated carbocycles. The minimum atomic E-state index is -3.43. The Balaban J connectivity index is 1.83. The van der Waals surface area contributed by atoms with Crippen LogP contribution in [0.1, 0.15) is 37.8 Å². The first-order valence-electron chi connectivity index (χ1n) is 7.73. The largest absolute Gasteiger partial charge is 0.316 e. The molecule has 0 aromatic heterocycles. The molecule has 0 amide bonds. The number of rotatable bonds is 3. The second-order valence-corrected chi connectivity index (χ2v) is 8.63. The Morgan fingerprint density at radius 3 is 2.76 bits per heavy atom. The van der Waals surface area contributed by atoms with E-state index in [-0.39, 0.29) is 11.5 Å². The molecule has 5 heteroatoms. The molecule has 4 nitrogen and oxygen atoms in total. The summed E-state index contributed by atoms with van der Waals surface area (Å²) >= 11 is 0. The van der Waals surface area contributed by atoms with Gasteiger partial charge in [-0.2, -0.15) is 0 Å². The van der Waals surface area contributed by atoms with Gasteiger partial charge in [-0.1, -0.05) is 19.9 Å². The molecule has 1 atom stereocenters. The van der Waals surface area contributed by atoms with Crippen LogP contribution in [0.4, 0.5) is 0 Å². The second-order valence-electron chi connectivity index (χ2n) is 6.91. The number of aryl methyl sites for hydroxylation is 2. The molecule has 21 heavy (non-hydrogen) atoms. The van der Waals surface area contributed by atoms with E-state index in [1.54, 1.807) is 6.07 Å². The van der Waals surface area contributed by atoms with Gasteiger partial charge in [-0.25, -0.2) is 13.1 Å². The van der Waals surface area contributed by atoms with E-state index in [0.717, 1.165) is 38.8 Å². The fraction of sp³-hybridized carbons (Fsp3) is 0.625. The van der Waals surface area contributed by atoms with Gasteiger partial charge in [0, 0.05) is 12.6 Å². The van der Waals surface area contributed by atoms with E-state index in [2.05, 4.69) is 23.9 Å². The van der Waals surface area contributed by atoms with Gasteiger partial charge in [-0.3, -0.25) is 0 Å². The molecule has 116 valence electrons. The maximum absolute atomic E-state index is 12.7. The van der Waals surface area contributed by atoms with Gasteiger partial charge in [0.05, 0.1) is 4.90 Å². The monoisotopic (exact) mass is 308 g/mol. The van der Waals surface area contributed by atoms with Crippen LogP contribution in [0.5, 0.6) is 0 Å². The van der Waals surface area contributed by atoms with E-state index in [1.807, 2.05) is 12.1 Å². The van der Waals surface area contributed by atoms with E-state index < -0.39 is 10.0 Å². The summed E-state index contributed by atoms with van der Waals surface area (Å²) in [7, 11) is -3.43. The summed E-state index contributed by atoms with van der Waals surface area (Å²) in [6, 6.07) is 5.57. The molecule has 1 aliphatic heterocycles. The zero-order chi connectivity index (χ0) is 15.1. The van der Waals surface area contributed by atoms with Crippen molar-refractivity contribution >= 4 is 10.0 Å². The third-order valence-electron chi connectivity index (χ3n) is 4.81. The molecule has 2 N–H and O–H groups in total. The van der Waals surface area contributed by atoms with Crippen molar-refractivity contribution in [3.63, 3.8) is 0 Å². The lowest BCUT2D eigenvalue weighted by atomic mass is 9.81. The molecule has 1 saturated heterocycles. The number of hydrogen-bond donors (Lipinski definition) is 2. The maximum atomic E-state index is 12.7. The van der Waals surface area contributed by atoms with E-state index in [9.17, 15) is 8.42 Å². The first-order chi connectivity index (χ1) is 9.88. The van der Waals surface area contributed by atoms with Gasteiger partial charge < -0.3 is 5.32 Å². The molecule has 0 spiro atoms. The van der Waals surface area contributed by atoms with Crippen molar-refractivity contribution in [3.05, 3.63) is 29.3 Å². The smallest absolute Gasteiger partial charge is 0.240 e. The molecule has 1 fully saturated rings. The van der Waals surface area contributed by atoms with Crippen molar-refractivity contribution in [1.82, 2.24) is 10.0 Å². The van der Waals surface area contributed by atoms with Gasteiger partial charge in [0.1, 0.15) is 0 Å². The van der Waals surface area contributed by atoms with Crippen LogP contribution in [-0.4, -0.2) is 27.5 Å². The van der Waals surface area contributed by atoms with Gasteiger partial charge >= 0.3 is 0 Å². The van der Waals surface area contributed by atoms with Gasteiger partial charge in [0.25, 0.3) is 0 Å². The van der Waals surface area contributed by atoms with Gasteiger partial charge in [0.2, 0.25) is 10.0 Å². The Morgan fingerprint density at radius 2 is 2.00 bits per heavy atom. The number of nitrogens with one attached hydrogen (secondary N) is 2. The van der Waals surface area contributed by atoms with Gasteiger partial charge in [-0.05, 0) is 60.9 Å². The van der Waals surface area contributed by atoms with Crippen molar-refractivity contribution in [1.29, 1.82) is 0 Å². The third-order valence-corrected chi connectivity index (χ3v) is 6.28. The summed E-state index contributed by atoms with van der Waals surface area (Å²) in [6.45, 7) is 5.91. The van der Waals surface area contributed by atoms with Crippen LogP contribution in [0.15, 0.2) is 23.1 Å². The van der Waals surface area contributed by atoms with Gasteiger partial charge in [0.15, 0.2) is 0 Å². The molecular formula is C16H24N2O2S. The number of piperidine rings is 1. The Labute approximate surface area is 127 Å². The molecule has 2 aliphatic rings.